The second kappa shape index (κ2) is 16.7. The molecular formula is C28H54O5S2SiSn. The summed E-state index contributed by atoms with van der Waals surface area (Å²) < 4.78 is 17.0. The predicted molar refractivity (Wildman–Crippen MR) is 168 cm³/mol. The molecule has 0 bridgehead atoms. The van der Waals surface area contributed by atoms with E-state index in [1.165, 1.54) is 12.7 Å². The summed E-state index contributed by atoms with van der Waals surface area (Å²) in [4.78, 5) is 19.6. The second-order valence-electron chi connectivity index (χ2n) is 12.7. The second-order valence-corrected chi connectivity index (χ2v) is 36.1. The molecule has 0 aromatic carbocycles. The van der Waals surface area contributed by atoms with Gasteiger partial charge >= 0.3 is 191 Å². The van der Waals surface area contributed by atoms with Gasteiger partial charge in [0.05, 0.1) is 0 Å². The van der Waals surface area contributed by atoms with Crippen molar-refractivity contribution < 1.29 is 24.1 Å². The van der Waals surface area contributed by atoms with E-state index >= 15 is 0 Å². The van der Waals surface area contributed by atoms with Crippen molar-refractivity contribution in [2.75, 3.05) is 38.6 Å². The molecule has 0 aromatic rings. The molecule has 0 aliphatic carbocycles. The van der Waals surface area contributed by atoms with Crippen molar-refractivity contribution in [1.29, 1.82) is 0 Å². The van der Waals surface area contributed by atoms with Gasteiger partial charge in [-0.2, -0.15) is 0 Å². The van der Waals surface area contributed by atoms with E-state index in [9.17, 15) is 9.90 Å². The van der Waals surface area contributed by atoms with E-state index in [0.29, 0.717) is 19.3 Å². The third-order valence-corrected chi connectivity index (χ3v) is 18.4. The fourth-order valence-electron chi connectivity index (χ4n) is 4.27. The van der Waals surface area contributed by atoms with Gasteiger partial charge in [0.2, 0.25) is 0 Å². The predicted octanol–water partition coefficient (Wildman–Crippen LogP) is 7.22. The van der Waals surface area contributed by atoms with Gasteiger partial charge in [-0.15, -0.1) is 0 Å². The Kier molecular flexibility index (Phi) is 16.1. The van der Waals surface area contributed by atoms with Crippen molar-refractivity contribution in [1.82, 2.24) is 0 Å². The number of methoxy groups -OCH3 is 1. The van der Waals surface area contributed by atoms with E-state index in [-0.39, 0.29) is 5.97 Å². The van der Waals surface area contributed by atoms with E-state index in [1.807, 2.05) is 23.5 Å². The Morgan fingerprint density at radius 2 is 1.81 bits per heavy atom. The Labute approximate surface area is 241 Å². The molecule has 0 amide bonds. The molecule has 1 heterocycles. The molecule has 1 aliphatic rings. The molecule has 0 radical (unpaired) electrons. The number of carbonyl (C=O) groups excluding carboxylic acids is 1. The van der Waals surface area contributed by atoms with Crippen molar-refractivity contribution in [2.24, 2.45) is 11.8 Å². The van der Waals surface area contributed by atoms with Crippen LogP contribution in [0, 0.1) is 11.8 Å². The zero-order valence-electron chi connectivity index (χ0n) is 25.0. The molecule has 216 valence electrons. The molecule has 0 saturated carbocycles. The summed E-state index contributed by atoms with van der Waals surface area (Å²) in [6.07, 6.45) is 5.45. The average Bonchev–Trinajstić information content (AvgIpc) is 2.80. The SMILES string of the molecule is C=[C]([C@@H](C(=O)OC)[C@@H](O)C1(C[C@@H](C)CC/C=C(\C)COCOCC[Si](C)(C)C)SCCCS1)[Sn]([CH3])([CH3])[CH3]. The molecule has 1 saturated heterocycles. The molecule has 1 N–H and O–H groups in total. The molecule has 5 nitrogen and oxygen atoms in total. The van der Waals surface area contributed by atoms with Crippen LogP contribution in [0.4, 0.5) is 0 Å². The Morgan fingerprint density at radius 3 is 2.35 bits per heavy atom. The van der Waals surface area contributed by atoms with Crippen molar-refractivity contribution in [3.8, 4) is 0 Å². The summed E-state index contributed by atoms with van der Waals surface area (Å²) in [6.45, 7) is 17.5. The van der Waals surface area contributed by atoms with Crippen LogP contribution in [0.1, 0.15) is 39.5 Å². The van der Waals surface area contributed by atoms with Gasteiger partial charge in [0.15, 0.2) is 0 Å². The first kappa shape index (κ1) is 35.6. The fourth-order valence-corrected chi connectivity index (χ4v) is 12.2. The van der Waals surface area contributed by atoms with E-state index in [0.717, 1.165) is 53.4 Å². The molecule has 0 spiro atoms. The van der Waals surface area contributed by atoms with Crippen LogP contribution in [-0.4, -0.2) is 86.3 Å². The molecule has 3 atom stereocenters. The summed E-state index contributed by atoms with van der Waals surface area (Å²) in [5.41, 5.74) is 1.22. The summed E-state index contributed by atoms with van der Waals surface area (Å²) in [7, 11) is 0.358. The first-order chi connectivity index (χ1) is 17.1. The van der Waals surface area contributed by atoms with Gasteiger partial charge in [0.1, 0.15) is 6.79 Å². The number of hydrogen-bond donors (Lipinski definition) is 1. The van der Waals surface area contributed by atoms with Crippen molar-refractivity contribution in [3.05, 3.63) is 21.8 Å². The van der Waals surface area contributed by atoms with Crippen LogP contribution in [0.25, 0.3) is 0 Å². The van der Waals surface area contributed by atoms with Gasteiger partial charge in [0, 0.05) is 14.7 Å². The Morgan fingerprint density at radius 1 is 1.19 bits per heavy atom. The molecule has 1 rings (SSSR count). The van der Waals surface area contributed by atoms with Crippen LogP contribution >= 0.6 is 23.5 Å². The summed E-state index contributed by atoms with van der Waals surface area (Å²) in [5.74, 6) is 1.44. The first-order valence-corrected chi connectivity index (χ1v) is 29.3. The molecular weight excluding hydrogens is 627 g/mol. The number of hydrogen-bond acceptors (Lipinski definition) is 7. The first-order valence-electron chi connectivity index (χ1n) is 13.7. The van der Waals surface area contributed by atoms with E-state index < -0.39 is 42.6 Å². The number of allylic oxidation sites excluding steroid dienone is 1. The van der Waals surface area contributed by atoms with E-state index in [2.05, 4.69) is 61.0 Å². The number of thioether (sulfide) groups is 2. The molecule has 0 unspecified atom stereocenters. The number of aliphatic hydroxyl groups excluding tert-OH is 1. The van der Waals surface area contributed by atoms with Gasteiger partial charge in [-0.1, -0.05) is 19.6 Å². The quantitative estimate of drug-likeness (QED) is 0.0572. The molecule has 37 heavy (non-hydrogen) atoms. The minimum absolute atomic E-state index is 0.342. The molecule has 1 aliphatic heterocycles. The van der Waals surface area contributed by atoms with Gasteiger partial charge in [-0.3, -0.25) is 0 Å². The van der Waals surface area contributed by atoms with Gasteiger partial charge in [-0.25, -0.2) is 0 Å². The number of esters is 1. The zero-order chi connectivity index (χ0) is 28.3. The average molecular weight is 682 g/mol. The van der Waals surface area contributed by atoms with Crippen molar-refractivity contribution in [3.63, 3.8) is 0 Å². The number of carbonyl (C=O) groups is 1. The zero-order valence-corrected chi connectivity index (χ0v) is 30.5. The monoisotopic (exact) mass is 682 g/mol. The van der Waals surface area contributed by atoms with Crippen LogP contribution in [0.2, 0.25) is 40.5 Å². The van der Waals surface area contributed by atoms with Crippen molar-refractivity contribution >= 4 is 55.9 Å². The van der Waals surface area contributed by atoms with E-state index in [4.69, 9.17) is 14.2 Å². The maximum absolute atomic E-state index is 12.9. The molecule has 9 heteroatoms. The number of rotatable bonds is 17. The normalized spacial score (nSPS) is 19.2. The van der Waals surface area contributed by atoms with E-state index in [1.54, 1.807) is 0 Å². The summed E-state index contributed by atoms with van der Waals surface area (Å²) in [6, 6.07) is 1.16. The van der Waals surface area contributed by atoms with Crippen LogP contribution in [0.3, 0.4) is 0 Å². The minimum atomic E-state index is -2.66. The standard InChI is InChI=1S/C25H45O5S2Si.3CH3.Sn/c1-8-22(24(27)28-4)23(26)25(31-14-10-15-32-25)17-20(2)11-9-12-21(3)18-30-19-29-13-16-33(5,6)7;;;;/h12,20,22-23,26H,1,9-11,13-19H2,2-7H3;3*1H3;/b21-12+;;;;/t20-,22+,23+;;;;/m0..../s1. The van der Waals surface area contributed by atoms with Crippen LogP contribution < -0.4 is 0 Å². The Bertz CT molecular complexity index is 742. The third kappa shape index (κ3) is 13.2. The summed E-state index contributed by atoms with van der Waals surface area (Å²) in [5, 5.41) is 11.8. The molecule has 0 aromatic heterocycles. The number of ether oxygens (including phenoxy) is 3. The van der Waals surface area contributed by atoms with Crippen molar-refractivity contribution in [2.45, 2.75) is 90.2 Å². The Hall–Kier alpha value is 0.546. The molecule has 1 fully saturated rings. The Balaban J connectivity index is 2.72. The van der Waals surface area contributed by atoms with Crippen LogP contribution in [-0.2, 0) is 19.0 Å². The van der Waals surface area contributed by atoms with Crippen LogP contribution in [0.5, 0.6) is 0 Å². The summed E-state index contributed by atoms with van der Waals surface area (Å²) >= 11 is 1.000. The topological polar surface area (TPSA) is 65.0 Å². The fraction of sp³-hybridized carbons (Fsp3) is 0.821. The number of aliphatic hydroxyl groups is 1. The van der Waals surface area contributed by atoms with Gasteiger partial charge in [-0.05, 0) is 6.04 Å². The van der Waals surface area contributed by atoms with Crippen LogP contribution in [0.15, 0.2) is 21.8 Å². The maximum atomic E-state index is 12.9. The van der Waals surface area contributed by atoms with Gasteiger partial charge in [0.25, 0.3) is 0 Å². The van der Waals surface area contributed by atoms with Gasteiger partial charge < -0.3 is 4.74 Å². The third-order valence-electron chi connectivity index (χ3n) is 6.82.